The quantitative estimate of drug-likeness (QED) is 0.507. The molecule has 0 aliphatic carbocycles. The van der Waals surface area contributed by atoms with Crippen LogP contribution in [0.15, 0.2) is 0 Å². The first-order valence-corrected chi connectivity index (χ1v) is 6.40. The zero-order chi connectivity index (χ0) is 18.6. The van der Waals surface area contributed by atoms with E-state index < -0.39 is 12.6 Å². The van der Waals surface area contributed by atoms with Gasteiger partial charge in [-0.2, -0.15) is 9.59 Å². The summed E-state index contributed by atoms with van der Waals surface area (Å²) >= 11 is 0. The first kappa shape index (κ1) is 28.0. The lowest BCUT2D eigenvalue weighted by atomic mass is 10.1. The average Bonchev–Trinajstić information content (AvgIpc) is 2.39. The van der Waals surface area contributed by atoms with Crippen LogP contribution in [0.4, 0.5) is 0 Å². The second-order valence-corrected chi connectivity index (χ2v) is 3.92. The highest BCUT2D eigenvalue weighted by Crippen LogP contribution is 1.95. The van der Waals surface area contributed by atoms with E-state index in [0.29, 0.717) is 19.3 Å². The number of carbonyl (C=O) groups excluding carboxylic acids is 6. The lowest BCUT2D eigenvalue weighted by Gasteiger charge is -2.01. The summed E-state index contributed by atoms with van der Waals surface area (Å²) < 4.78 is 0. The first-order chi connectivity index (χ1) is 10.2. The maximum atomic E-state index is 10.4. The molecule has 0 bridgehead atoms. The zero-order valence-corrected chi connectivity index (χ0v) is 13.3. The molecule has 1 unspecified atom stereocenters. The van der Waals surface area contributed by atoms with E-state index in [1.807, 2.05) is 6.92 Å². The molecular weight excluding hydrogens is 296 g/mol. The SMILES string of the molecule is CCC(=O)CC(C)=O.CCC(O)CC(C)=O.O=C=O.O=C[O-]. The van der Waals surface area contributed by atoms with Crippen LogP contribution < -0.4 is 5.11 Å². The largest absolute Gasteiger partial charge is 0.554 e. The summed E-state index contributed by atoms with van der Waals surface area (Å²) in [6, 6.07) is 0. The molecule has 0 rings (SSSR count). The molecule has 0 saturated heterocycles. The fourth-order valence-electron chi connectivity index (χ4n) is 0.879. The first-order valence-electron chi connectivity index (χ1n) is 6.40. The minimum Gasteiger partial charge on any atom is -0.554 e. The Hall–Kier alpha value is -2.18. The Bertz CT molecular complexity index is 343. The summed E-state index contributed by atoms with van der Waals surface area (Å²) in [6.45, 7) is 6.02. The highest BCUT2D eigenvalue weighted by Gasteiger charge is 2.02. The van der Waals surface area contributed by atoms with Crippen molar-refractivity contribution in [3.05, 3.63) is 0 Å². The Labute approximate surface area is 129 Å². The standard InChI is InChI=1S/C6H12O2.C6H10O2.CH2O2.CO2/c2*1-3-6(8)4-5(2)7;2*2-1-3/h6,8H,3-4H2,1-2H3;3-4H2,1-2H3;1H,(H,2,3);/p-1. The molecule has 1 N–H and O–H groups in total. The molecule has 0 aromatic carbocycles. The second kappa shape index (κ2) is 23.9. The van der Waals surface area contributed by atoms with Crippen LogP contribution in [0.25, 0.3) is 0 Å². The van der Waals surface area contributed by atoms with Gasteiger partial charge in [0.25, 0.3) is 0 Å². The van der Waals surface area contributed by atoms with Crippen molar-refractivity contribution < 1.29 is 39.0 Å². The van der Waals surface area contributed by atoms with Crippen molar-refractivity contribution >= 4 is 30.0 Å². The van der Waals surface area contributed by atoms with Gasteiger partial charge in [0, 0.05) is 19.3 Å². The summed E-state index contributed by atoms with van der Waals surface area (Å²) in [5, 5.41) is 17.1. The van der Waals surface area contributed by atoms with Gasteiger partial charge >= 0.3 is 6.15 Å². The third-order valence-electron chi connectivity index (χ3n) is 1.83. The summed E-state index contributed by atoms with van der Waals surface area (Å²) in [6.07, 6.45) is 1.37. The van der Waals surface area contributed by atoms with Crippen LogP contribution in [-0.4, -0.2) is 41.2 Å². The predicted molar refractivity (Wildman–Crippen MR) is 73.3 cm³/mol. The van der Waals surface area contributed by atoms with Gasteiger partial charge in [0.2, 0.25) is 0 Å². The maximum absolute atomic E-state index is 10.4. The van der Waals surface area contributed by atoms with E-state index in [4.69, 9.17) is 24.6 Å². The fourth-order valence-corrected chi connectivity index (χ4v) is 0.879. The van der Waals surface area contributed by atoms with Crippen LogP contribution in [0.2, 0.25) is 0 Å². The zero-order valence-electron chi connectivity index (χ0n) is 13.3. The molecule has 0 fully saturated rings. The number of carboxylic acid groups (broad SMARTS) is 1. The van der Waals surface area contributed by atoms with E-state index in [1.54, 1.807) is 6.92 Å². The molecule has 0 saturated carbocycles. The Morgan fingerprint density at radius 3 is 1.59 bits per heavy atom. The van der Waals surface area contributed by atoms with Gasteiger partial charge < -0.3 is 15.0 Å². The molecule has 8 heteroatoms. The predicted octanol–water partition coefficient (Wildman–Crippen LogP) is -0.536. The van der Waals surface area contributed by atoms with Crippen molar-refractivity contribution in [3.63, 3.8) is 0 Å². The van der Waals surface area contributed by atoms with Crippen LogP contribution in [0.1, 0.15) is 53.4 Å². The number of rotatable bonds is 6. The van der Waals surface area contributed by atoms with Gasteiger partial charge in [0.1, 0.15) is 17.3 Å². The second-order valence-electron chi connectivity index (χ2n) is 3.92. The molecule has 128 valence electrons. The van der Waals surface area contributed by atoms with Crippen LogP contribution in [0.5, 0.6) is 0 Å². The third kappa shape index (κ3) is 52.3. The lowest BCUT2D eigenvalue weighted by Crippen LogP contribution is -2.08. The molecular formula is C14H23O8-. The molecule has 0 radical (unpaired) electrons. The van der Waals surface area contributed by atoms with Gasteiger partial charge in [-0.05, 0) is 20.3 Å². The topological polar surface area (TPSA) is 146 Å². The number of carbonyl (C=O) groups is 4. The Morgan fingerprint density at radius 1 is 1.14 bits per heavy atom. The van der Waals surface area contributed by atoms with E-state index in [-0.39, 0.29) is 29.9 Å². The Morgan fingerprint density at radius 2 is 1.50 bits per heavy atom. The van der Waals surface area contributed by atoms with E-state index in [9.17, 15) is 14.4 Å². The highest BCUT2D eigenvalue weighted by molar-refractivity contribution is 5.97. The Balaban J connectivity index is -0.000000109. The summed E-state index contributed by atoms with van der Waals surface area (Å²) in [4.78, 5) is 55.3. The molecule has 0 aromatic heterocycles. The highest BCUT2D eigenvalue weighted by atomic mass is 16.3. The summed E-state index contributed by atoms with van der Waals surface area (Å²) in [7, 11) is 0. The van der Waals surface area contributed by atoms with Gasteiger partial charge in [-0.3, -0.25) is 14.4 Å². The molecule has 0 aliphatic heterocycles. The number of hydrogen-bond donors (Lipinski definition) is 1. The van der Waals surface area contributed by atoms with Crippen molar-refractivity contribution in [3.8, 4) is 0 Å². The van der Waals surface area contributed by atoms with E-state index in [1.165, 1.54) is 13.8 Å². The van der Waals surface area contributed by atoms with Crippen molar-refractivity contribution in [1.29, 1.82) is 0 Å². The molecule has 0 amide bonds. The minimum atomic E-state index is -0.500. The lowest BCUT2D eigenvalue weighted by molar-refractivity contribution is -0.283. The summed E-state index contributed by atoms with van der Waals surface area (Å²) in [5.41, 5.74) is 0. The number of hydrogen-bond acceptors (Lipinski definition) is 8. The van der Waals surface area contributed by atoms with E-state index >= 15 is 0 Å². The molecule has 22 heavy (non-hydrogen) atoms. The normalized spacial score (nSPS) is 8.95. The molecule has 0 aliphatic rings. The van der Waals surface area contributed by atoms with E-state index in [0.717, 1.165) is 0 Å². The summed E-state index contributed by atoms with van der Waals surface area (Å²) in [5.74, 6) is 0.0358. The number of aliphatic hydroxyl groups excluding tert-OH is 1. The maximum Gasteiger partial charge on any atom is 0.373 e. The average molecular weight is 319 g/mol. The minimum absolute atomic E-state index is 0.0255. The van der Waals surface area contributed by atoms with Crippen LogP contribution in [-0.2, 0) is 28.8 Å². The molecule has 8 nitrogen and oxygen atoms in total. The van der Waals surface area contributed by atoms with E-state index in [2.05, 4.69) is 0 Å². The third-order valence-corrected chi connectivity index (χ3v) is 1.83. The van der Waals surface area contributed by atoms with Gasteiger partial charge in [-0.15, -0.1) is 0 Å². The number of Topliss-reactive ketones (excluding diaryl/α,β-unsaturated/α-hetero) is 3. The fraction of sp³-hybridized carbons (Fsp3) is 0.643. The van der Waals surface area contributed by atoms with Gasteiger partial charge in [0.05, 0.1) is 12.5 Å². The molecule has 1 atom stereocenters. The van der Waals surface area contributed by atoms with Crippen molar-refractivity contribution in [2.75, 3.05) is 0 Å². The number of aliphatic hydroxyl groups is 1. The van der Waals surface area contributed by atoms with Gasteiger partial charge in [-0.25, -0.2) is 0 Å². The van der Waals surface area contributed by atoms with Crippen molar-refractivity contribution in [2.45, 2.75) is 59.5 Å². The smallest absolute Gasteiger partial charge is 0.373 e. The van der Waals surface area contributed by atoms with Crippen molar-refractivity contribution in [2.24, 2.45) is 0 Å². The number of ketones is 3. The van der Waals surface area contributed by atoms with Gasteiger partial charge in [-0.1, -0.05) is 13.8 Å². The molecule has 0 spiro atoms. The molecule has 0 aromatic rings. The molecule has 0 heterocycles. The monoisotopic (exact) mass is 319 g/mol. The Kier molecular flexibility index (Phi) is 30.4. The van der Waals surface area contributed by atoms with Crippen LogP contribution in [0, 0.1) is 0 Å². The van der Waals surface area contributed by atoms with Crippen LogP contribution >= 0.6 is 0 Å². The van der Waals surface area contributed by atoms with Crippen LogP contribution in [0.3, 0.4) is 0 Å². The van der Waals surface area contributed by atoms with Gasteiger partial charge in [0.15, 0.2) is 0 Å². The van der Waals surface area contributed by atoms with Crippen molar-refractivity contribution in [1.82, 2.24) is 0 Å².